The number of halogens is 1. The van der Waals surface area contributed by atoms with Crippen molar-refractivity contribution in [3.8, 4) is 0 Å². The van der Waals surface area contributed by atoms with Gasteiger partial charge in [-0.05, 0) is 27.7 Å². The molecule has 0 aromatic carbocycles. The molecule has 2 unspecified atom stereocenters. The third-order valence-electron chi connectivity index (χ3n) is 2.16. The zero-order valence-electron chi connectivity index (χ0n) is 8.50. The summed E-state index contributed by atoms with van der Waals surface area (Å²) in [5, 5.41) is 0. The van der Waals surface area contributed by atoms with Gasteiger partial charge in [0.15, 0.2) is 0 Å². The second-order valence-electron chi connectivity index (χ2n) is 4.36. The molecular formula is C9H16FNO2. The minimum absolute atomic E-state index is 0.160. The first kappa shape index (κ1) is 10.3. The Kier molecular flexibility index (Phi) is 2.50. The SMILES string of the molecule is CC(F)C1COC(=O)N1C(C)(C)C. The average Bonchev–Trinajstić information content (AvgIpc) is 2.28. The smallest absolute Gasteiger partial charge is 0.410 e. The van der Waals surface area contributed by atoms with Crippen molar-refractivity contribution in [3.63, 3.8) is 0 Å². The molecular weight excluding hydrogens is 173 g/mol. The molecule has 1 rings (SSSR count). The third-order valence-corrected chi connectivity index (χ3v) is 2.16. The Morgan fingerprint density at radius 3 is 2.46 bits per heavy atom. The van der Waals surface area contributed by atoms with E-state index < -0.39 is 18.3 Å². The maximum atomic E-state index is 13.1. The molecule has 0 N–H and O–H groups in total. The van der Waals surface area contributed by atoms with Crippen LogP contribution in [0, 0.1) is 0 Å². The number of nitrogens with zero attached hydrogens (tertiary/aromatic N) is 1. The molecule has 76 valence electrons. The van der Waals surface area contributed by atoms with Crippen molar-refractivity contribution >= 4 is 6.09 Å². The predicted octanol–water partition coefficient (Wildman–Crippen LogP) is 1.96. The summed E-state index contributed by atoms with van der Waals surface area (Å²) in [5.74, 6) is 0. The molecule has 0 saturated carbocycles. The van der Waals surface area contributed by atoms with Gasteiger partial charge in [-0.1, -0.05) is 0 Å². The van der Waals surface area contributed by atoms with Crippen LogP contribution >= 0.6 is 0 Å². The predicted molar refractivity (Wildman–Crippen MR) is 47.3 cm³/mol. The van der Waals surface area contributed by atoms with Gasteiger partial charge < -0.3 is 4.74 Å². The number of amides is 1. The van der Waals surface area contributed by atoms with Crippen LogP contribution in [0.2, 0.25) is 0 Å². The number of hydrogen-bond acceptors (Lipinski definition) is 2. The molecule has 13 heavy (non-hydrogen) atoms. The number of cyclic esters (lactones) is 1. The molecule has 1 saturated heterocycles. The normalized spacial score (nSPS) is 26.1. The fourth-order valence-electron chi connectivity index (χ4n) is 1.55. The Hall–Kier alpha value is -0.800. The van der Waals surface area contributed by atoms with Crippen LogP contribution in [0.4, 0.5) is 9.18 Å². The van der Waals surface area contributed by atoms with E-state index in [4.69, 9.17) is 4.74 Å². The van der Waals surface area contributed by atoms with Crippen LogP contribution < -0.4 is 0 Å². The van der Waals surface area contributed by atoms with E-state index in [1.165, 1.54) is 11.8 Å². The second-order valence-corrected chi connectivity index (χ2v) is 4.36. The Bertz CT molecular complexity index is 210. The summed E-state index contributed by atoms with van der Waals surface area (Å²) >= 11 is 0. The minimum Gasteiger partial charge on any atom is -0.447 e. The minimum atomic E-state index is -1.05. The van der Waals surface area contributed by atoms with Gasteiger partial charge in [0, 0.05) is 5.54 Å². The lowest BCUT2D eigenvalue weighted by Crippen LogP contribution is -2.50. The van der Waals surface area contributed by atoms with E-state index >= 15 is 0 Å². The molecule has 4 heteroatoms. The lowest BCUT2D eigenvalue weighted by Gasteiger charge is -2.34. The molecule has 1 amide bonds. The van der Waals surface area contributed by atoms with Crippen LogP contribution in [0.3, 0.4) is 0 Å². The highest BCUT2D eigenvalue weighted by Crippen LogP contribution is 2.26. The van der Waals surface area contributed by atoms with E-state index in [9.17, 15) is 9.18 Å². The summed E-state index contributed by atoms with van der Waals surface area (Å²) in [7, 11) is 0. The highest BCUT2D eigenvalue weighted by atomic mass is 19.1. The molecule has 0 aliphatic carbocycles. The number of hydrogen-bond donors (Lipinski definition) is 0. The number of carbonyl (C=O) groups excluding carboxylic acids is 1. The van der Waals surface area contributed by atoms with Crippen LogP contribution in [0.1, 0.15) is 27.7 Å². The zero-order chi connectivity index (χ0) is 10.2. The fraction of sp³-hybridized carbons (Fsp3) is 0.889. The lowest BCUT2D eigenvalue weighted by molar-refractivity contribution is 0.0989. The van der Waals surface area contributed by atoms with Crippen molar-refractivity contribution in [2.24, 2.45) is 0 Å². The highest BCUT2D eigenvalue weighted by molar-refractivity contribution is 5.71. The molecule has 1 aliphatic rings. The Morgan fingerprint density at radius 2 is 2.15 bits per heavy atom. The van der Waals surface area contributed by atoms with E-state index in [-0.39, 0.29) is 12.1 Å². The highest BCUT2D eigenvalue weighted by Gasteiger charge is 2.42. The second kappa shape index (κ2) is 3.16. The third kappa shape index (κ3) is 1.92. The number of alkyl halides is 1. The monoisotopic (exact) mass is 189 g/mol. The maximum absolute atomic E-state index is 13.1. The van der Waals surface area contributed by atoms with Crippen LogP contribution in [0.5, 0.6) is 0 Å². The van der Waals surface area contributed by atoms with Gasteiger partial charge in [0.1, 0.15) is 18.8 Å². The van der Waals surface area contributed by atoms with Crippen LogP contribution in [0.25, 0.3) is 0 Å². The van der Waals surface area contributed by atoms with Gasteiger partial charge in [-0.2, -0.15) is 0 Å². The van der Waals surface area contributed by atoms with Crippen LogP contribution in [-0.2, 0) is 4.74 Å². The molecule has 1 aliphatic heterocycles. The van der Waals surface area contributed by atoms with Crippen molar-refractivity contribution in [3.05, 3.63) is 0 Å². The van der Waals surface area contributed by atoms with Crippen LogP contribution in [-0.4, -0.2) is 35.4 Å². The van der Waals surface area contributed by atoms with Gasteiger partial charge in [-0.25, -0.2) is 9.18 Å². The quantitative estimate of drug-likeness (QED) is 0.631. The summed E-state index contributed by atoms with van der Waals surface area (Å²) in [5.41, 5.74) is -0.376. The summed E-state index contributed by atoms with van der Waals surface area (Å²) in [6, 6.07) is -0.438. The summed E-state index contributed by atoms with van der Waals surface area (Å²) in [6.45, 7) is 7.22. The van der Waals surface area contributed by atoms with E-state index in [1.54, 1.807) is 0 Å². The Morgan fingerprint density at radius 1 is 1.62 bits per heavy atom. The summed E-state index contributed by atoms with van der Waals surface area (Å²) in [6.07, 6.45) is -1.47. The van der Waals surface area contributed by atoms with Crippen molar-refractivity contribution < 1.29 is 13.9 Å². The van der Waals surface area contributed by atoms with Crippen molar-refractivity contribution in [2.45, 2.75) is 45.4 Å². The summed E-state index contributed by atoms with van der Waals surface area (Å²) in [4.78, 5) is 12.7. The van der Waals surface area contributed by atoms with Gasteiger partial charge in [-0.15, -0.1) is 0 Å². The molecule has 0 spiro atoms. The zero-order valence-corrected chi connectivity index (χ0v) is 8.50. The standard InChI is InChI=1S/C9H16FNO2/c1-6(10)7-5-13-8(12)11(7)9(2,3)4/h6-7H,5H2,1-4H3. The first-order valence-electron chi connectivity index (χ1n) is 4.44. The van der Waals surface area contributed by atoms with E-state index in [2.05, 4.69) is 0 Å². The van der Waals surface area contributed by atoms with Gasteiger partial charge in [0.25, 0.3) is 0 Å². The molecule has 0 bridgehead atoms. The molecule has 1 heterocycles. The van der Waals surface area contributed by atoms with Crippen LogP contribution in [0.15, 0.2) is 0 Å². The van der Waals surface area contributed by atoms with Crippen molar-refractivity contribution in [2.75, 3.05) is 6.61 Å². The lowest BCUT2D eigenvalue weighted by atomic mass is 10.0. The van der Waals surface area contributed by atoms with E-state index in [0.717, 1.165) is 0 Å². The largest absolute Gasteiger partial charge is 0.447 e. The molecule has 0 aromatic heterocycles. The van der Waals surface area contributed by atoms with Crippen molar-refractivity contribution in [1.82, 2.24) is 4.90 Å². The van der Waals surface area contributed by atoms with Gasteiger partial charge in [0.2, 0.25) is 0 Å². The molecule has 1 fully saturated rings. The van der Waals surface area contributed by atoms with Gasteiger partial charge in [0.05, 0.1) is 0 Å². The van der Waals surface area contributed by atoms with E-state index in [1.807, 2.05) is 20.8 Å². The number of ether oxygens (including phenoxy) is 1. The average molecular weight is 189 g/mol. The first-order valence-corrected chi connectivity index (χ1v) is 4.44. The molecule has 0 radical (unpaired) electrons. The maximum Gasteiger partial charge on any atom is 0.410 e. The Labute approximate surface area is 77.9 Å². The first-order chi connectivity index (χ1) is 5.84. The van der Waals surface area contributed by atoms with E-state index in [0.29, 0.717) is 0 Å². The summed E-state index contributed by atoms with van der Waals surface area (Å²) < 4.78 is 17.9. The van der Waals surface area contributed by atoms with Crippen molar-refractivity contribution in [1.29, 1.82) is 0 Å². The molecule has 2 atom stereocenters. The molecule has 0 aromatic rings. The topological polar surface area (TPSA) is 29.5 Å². The fourth-order valence-corrected chi connectivity index (χ4v) is 1.55. The molecule has 3 nitrogen and oxygen atoms in total. The number of carbonyl (C=O) groups is 1. The van der Waals surface area contributed by atoms with Gasteiger partial charge >= 0.3 is 6.09 Å². The number of rotatable bonds is 1. The Balaban J connectivity index is 2.84. The van der Waals surface area contributed by atoms with Gasteiger partial charge in [-0.3, -0.25) is 4.90 Å².